The van der Waals surface area contributed by atoms with Crippen LogP contribution in [-0.4, -0.2) is 34.2 Å². The van der Waals surface area contributed by atoms with Crippen molar-refractivity contribution in [1.82, 2.24) is 18.8 Å². The van der Waals surface area contributed by atoms with Gasteiger partial charge in [-0.2, -0.15) is 0 Å². The normalized spacial score (nSPS) is 11.6. The number of aryl methyl sites for hydroxylation is 1. The summed E-state index contributed by atoms with van der Waals surface area (Å²) in [6.07, 6.45) is -0.0377. The SMILES string of the molecule is C=CS(=O)(=O)NC(=O)CCSc1cc2c([nH]1)c(=O)n(C)c(=O)n2C. The maximum atomic E-state index is 12.1. The number of thioether (sulfide) groups is 1. The van der Waals surface area contributed by atoms with Crippen molar-refractivity contribution >= 4 is 38.7 Å². The van der Waals surface area contributed by atoms with E-state index in [1.54, 1.807) is 13.1 Å². The summed E-state index contributed by atoms with van der Waals surface area (Å²) in [4.78, 5) is 38.3. The van der Waals surface area contributed by atoms with Crippen LogP contribution in [0.3, 0.4) is 0 Å². The number of hydrogen-bond donors (Lipinski definition) is 2. The number of sulfonamides is 1. The average Bonchev–Trinajstić information content (AvgIpc) is 2.95. The number of H-pyrrole nitrogens is 1. The third-order valence-corrected chi connectivity index (χ3v) is 5.18. The first-order chi connectivity index (χ1) is 11.2. The number of nitrogens with zero attached hydrogens (tertiary/aromatic N) is 2. The zero-order valence-corrected chi connectivity index (χ0v) is 14.7. The van der Waals surface area contributed by atoms with Crippen LogP contribution in [0, 0.1) is 0 Å². The Balaban J connectivity index is 2.12. The number of carbonyl (C=O) groups is 1. The lowest BCUT2D eigenvalue weighted by Crippen LogP contribution is -2.36. The molecule has 2 aromatic rings. The second-order valence-corrected chi connectivity index (χ2v) is 7.70. The Morgan fingerprint density at radius 3 is 2.67 bits per heavy atom. The first-order valence-electron chi connectivity index (χ1n) is 6.76. The highest BCUT2D eigenvalue weighted by Gasteiger charge is 2.13. The van der Waals surface area contributed by atoms with Crippen LogP contribution >= 0.6 is 11.8 Å². The standard InChI is InChI=1S/C13H16N4O5S2/c1-4-24(21,22)15-9(18)5-6-23-10-7-8-11(14-10)12(19)17(3)13(20)16(8)2/h4,7,14H,1,5-6H2,2-3H3,(H,15,18). The molecule has 0 aliphatic rings. The number of nitrogens with one attached hydrogen (secondary N) is 2. The molecule has 0 unspecified atom stereocenters. The highest BCUT2D eigenvalue weighted by Crippen LogP contribution is 2.21. The Hall–Kier alpha value is -2.27. The maximum absolute atomic E-state index is 12.1. The number of amides is 1. The summed E-state index contributed by atoms with van der Waals surface area (Å²) in [6, 6.07) is 1.64. The van der Waals surface area contributed by atoms with Crippen molar-refractivity contribution in [3.8, 4) is 0 Å². The van der Waals surface area contributed by atoms with E-state index in [4.69, 9.17) is 0 Å². The summed E-state index contributed by atoms with van der Waals surface area (Å²) in [5.74, 6) is -0.360. The molecule has 2 rings (SSSR count). The molecule has 0 saturated carbocycles. The molecule has 0 bridgehead atoms. The van der Waals surface area contributed by atoms with Gasteiger partial charge in [0.15, 0.2) is 0 Å². The molecule has 9 nitrogen and oxygen atoms in total. The van der Waals surface area contributed by atoms with Crippen molar-refractivity contribution in [3.05, 3.63) is 38.9 Å². The van der Waals surface area contributed by atoms with E-state index in [2.05, 4.69) is 11.6 Å². The molecule has 24 heavy (non-hydrogen) atoms. The third-order valence-electron chi connectivity index (χ3n) is 3.29. The minimum atomic E-state index is -3.79. The quantitative estimate of drug-likeness (QED) is 0.668. The van der Waals surface area contributed by atoms with Crippen LogP contribution in [0.4, 0.5) is 0 Å². The molecular formula is C13H16N4O5S2. The molecule has 2 N–H and O–H groups in total. The number of fused-ring (bicyclic) bond motifs is 1. The topological polar surface area (TPSA) is 123 Å². The van der Waals surface area contributed by atoms with Gasteiger partial charge < -0.3 is 4.98 Å². The van der Waals surface area contributed by atoms with Crippen LogP contribution < -0.4 is 16.0 Å². The van der Waals surface area contributed by atoms with E-state index in [9.17, 15) is 22.8 Å². The van der Waals surface area contributed by atoms with E-state index in [0.29, 0.717) is 27.2 Å². The smallest absolute Gasteiger partial charge is 0.331 e. The largest absolute Gasteiger partial charge is 0.344 e. The molecule has 0 aromatic carbocycles. The Morgan fingerprint density at radius 2 is 2.04 bits per heavy atom. The van der Waals surface area contributed by atoms with E-state index in [1.165, 1.54) is 23.4 Å². The van der Waals surface area contributed by atoms with Gasteiger partial charge in [-0.1, -0.05) is 6.58 Å². The zero-order valence-electron chi connectivity index (χ0n) is 13.0. The lowest BCUT2D eigenvalue weighted by Gasteiger charge is -2.02. The van der Waals surface area contributed by atoms with Crippen LogP contribution in [0.5, 0.6) is 0 Å². The van der Waals surface area contributed by atoms with E-state index in [0.717, 1.165) is 4.57 Å². The Morgan fingerprint density at radius 1 is 1.38 bits per heavy atom. The second-order valence-electron chi connectivity index (χ2n) is 4.93. The molecule has 0 saturated heterocycles. The van der Waals surface area contributed by atoms with Crippen LogP contribution in [0.1, 0.15) is 6.42 Å². The van der Waals surface area contributed by atoms with Gasteiger partial charge in [0.25, 0.3) is 15.6 Å². The first kappa shape index (κ1) is 18.1. The van der Waals surface area contributed by atoms with Gasteiger partial charge in [-0.25, -0.2) is 17.9 Å². The third kappa shape index (κ3) is 3.62. The number of aromatic amines is 1. The van der Waals surface area contributed by atoms with Gasteiger partial charge in [-0.3, -0.25) is 18.7 Å². The average molecular weight is 372 g/mol. The molecule has 0 atom stereocenters. The van der Waals surface area contributed by atoms with E-state index >= 15 is 0 Å². The fourth-order valence-electron chi connectivity index (χ4n) is 2.01. The number of carbonyl (C=O) groups excluding carboxylic acids is 1. The summed E-state index contributed by atoms with van der Waals surface area (Å²) in [5, 5.41) is 1.26. The van der Waals surface area contributed by atoms with Crippen LogP contribution in [0.15, 0.2) is 32.7 Å². The van der Waals surface area contributed by atoms with Gasteiger partial charge in [0.2, 0.25) is 5.91 Å². The maximum Gasteiger partial charge on any atom is 0.331 e. The minimum Gasteiger partial charge on any atom is -0.344 e. The van der Waals surface area contributed by atoms with Crippen molar-refractivity contribution in [2.45, 2.75) is 11.4 Å². The molecule has 0 spiro atoms. The summed E-state index contributed by atoms with van der Waals surface area (Å²) in [6.45, 7) is 3.10. The Kier molecular flexibility index (Phi) is 5.04. The summed E-state index contributed by atoms with van der Waals surface area (Å²) >= 11 is 1.24. The first-order valence-corrected chi connectivity index (χ1v) is 9.29. The molecule has 1 amide bonds. The van der Waals surface area contributed by atoms with Crippen molar-refractivity contribution in [2.75, 3.05) is 5.75 Å². The van der Waals surface area contributed by atoms with Gasteiger partial charge in [0.05, 0.1) is 10.5 Å². The Bertz CT molecular complexity index is 1030. The summed E-state index contributed by atoms with van der Waals surface area (Å²) < 4.78 is 26.5. The van der Waals surface area contributed by atoms with Gasteiger partial charge >= 0.3 is 5.69 Å². The van der Waals surface area contributed by atoms with Crippen LogP contribution in [0.2, 0.25) is 0 Å². The second kappa shape index (κ2) is 6.69. The van der Waals surface area contributed by atoms with Gasteiger partial charge in [-0.15, -0.1) is 11.8 Å². The molecule has 0 fully saturated rings. The lowest BCUT2D eigenvalue weighted by molar-refractivity contribution is -0.118. The van der Waals surface area contributed by atoms with E-state index in [1.807, 2.05) is 4.72 Å². The van der Waals surface area contributed by atoms with Crippen molar-refractivity contribution < 1.29 is 13.2 Å². The predicted molar refractivity (Wildman–Crippen MR) is 91.4 cm³/mol. The zero-order chi connectivity index (χ0) is 18.1. The summed E-state index contributed by atoms with van der Waals surface area (Å²) in [5.41, 5.74) is -0.114. The fourth-order valence-corrected chi connectivity index (χ4v) is 3.39. The van der Waals surface area contributed by atoms with Crippen molar-refractivity contribution in [3.63, 3.8) is 0 Å². The van der Waals surface area contributed by atoms with Crippen LogP contribution in [0.25, 0.3) is 11.0 Å². The molecule has 2 heterocycles. The number of aromatic nitrogens is 3. The molecule has 130 valence electrons. The number of hydrogen-bond acceptors (Lipinski definition) is 6. The molecular weight excluding hydrogens is 356 g/mol. The van der Waals surface area contributed by atoms with E-state index in [-0.39, 0.29) is 6.42 Å². The summed E-state index contributed by atoms with van der Waals surface area (Å²) in [7, 11) is -0.843. The molecule has 0 aliphatic carbocycles. The molecule has 0 aliphatic heterocycles. The highest BCUT2D eigenvalue weighted by molar-refractivity contribution is 7.99. The predicted octanol–water partition coefficient (Wildman–Crippen LogP) is -0.363. The monoisotopic (exact) mass is 372 g/mol. The van der Waals surface area contributed by atoms with Crippen molar-refractivity contribution in [2.24, 2.45) is 14.1 Å². The van der Waals surface area contributed by atoms with Gasteiger partial charge in [-0.05, 0) is 6.07 Å². The van der Waals surface area contributed by atoms with E-state index < -0.39 is 27.2 Å². The van der Waals surface area contributed by atoms with Gasteiger partial charge in [0.1, 0.15) is 5.52 Å². The minimum absolute atomic E-state index is 0.0377. The highest BCUT2D eigenvalue weighted by atomic mass is 32.2. The molecule has 0 radical (unpaired) electrons. The fraction of sp³-hybridized carbons (Fsp3) is 0.308. The Labute approximate surface area is 141 Å². The number of rotatable bonds is 6. The van der Waals surface area contributed by atoms with Crippen LogP contribution in [-0.2, 0) is 28.9 Å². The van der Waals surface area contributed by atoms with Gasteiger partial charge in [0, 0.05) is 31.7 Å². The molecule has 2 aromatic heterocycles. The lowest BCUT2D eigenvalue weighted by atomic mass is 10.4. The van der Waals surface area contributed by atoms with Crippen molar-refractivity contribution in [1.29, 1.82) is 0 Å². The molecule has 11 heteroatoms.